The number of piperazine rings is 1. The lowest BCUT2D eigenvalue weighted by molar-refractivity contribution is 0.0615. The van der Waals surface area contributed by atoms with Gasteiger partial charge >= 0.3 is 0 Å². The number of H-pyrrole nitrogens is 1. The number of imidazole rings is 1. The lowest BCUT2D eigenvalue weighted by atomic mass is 10.1. The van der Waals surface area contributed by atoms with Crippen molar-refractivity contribution in [3.8, 4) is 0 Å². The summed E-state index contributed by atoms with van der Waals surface area (Å²) in [7, 11) is 0. The third kappa shape index (κ3) is 2.52. The zero-order valence-electron chi connectivity index (χ0n) is 11.2. The van der Waals surface area contributed by atoms with E-state index in [1.807, 2.05) is 23.1 Å². The van der Waals surface area contributed by atoms with Crippen LogP contribution in [-0.2, 0) is 0 Å². The first kappa shape index (κ1) is 13.1. The first-order valence-corrected chi connectivity index (χ1v) is 6.83. The van der Waals surface area contributed by atoms with Crippen LogP contribution in [0.4, 0.5) is 0 Å². The maximum Gasteiger partial charge on any atom is 0.254 e. The molecule has 20 heavy (non-hydrogen) atoms. The van der Waals surface area contributed by atoms with Crippen LogP contribution in [0.2, 0.25) is 0 Å². The number of hydrogen-bond donors (Lipinski definition) is 2. The van der Waals surface area contributed by atoms with Gasteiger partial charge in [-0.2, -0.15) is 0 Å². The van der Waals surface area contributed by atoms with Gasteiger partial charge in [0.1, 0.15) is 0 Å². The average Bonchev–Trinajstić information content (AvgIpc) is 2.95. The molecule has 0 atom stereocenters. The summed E-state index contributed by atoms with van der Waals surface area (Å²) >= 11 is 0. The molecule has 1 aromatic carbocycles. The first-order chi connectivity index (χ1) is 9.78. The summed E-state index contributed by atoms with van der Waals surface area (Å²) in [6.45, 7) is 3.91. The third-order valence-corrected chi connectivity index (χ3v) is 3.74. The Morgan fingerprint density at radius 1 is 1.30 bits per heavy atom. The monoisotopic (exact) mass is 274 g/mol. The standard InChI is InChI=1S/C14H18N4O2/c19-8-7-17-3-5-18(6-4-17)14(20)11-1-2-12-13(9-11)16-10-15-12/h1-2,9-10,19H,3-8H2,(H,15,16). The van der Waals surface area contributed by atoms with Crippen molar-refractivity contribution >= 4 is 16.9 Å². The molecule has 3 rings (SSSR count). The van der Waals surface area contributed by atoms with Crippen LogP contribution >= 0.6 is 0 Å². The van der Waals surface area contributed by atoms with Gasteiger partial charge in [-0.15, -0.1) is 0 Å². The van der Waals surface area contributed by atoms with Gasteiger partial charge in [0.15, 0.2) is 0 Å². The predicted octanol–water partition coefficient (Wildman–Crippen LogP) is 0.313. The molecule has 2 heterocycles. The maximum absolute atomic E-state index is 12.5. The Morgan fingerprint density at radius 3 is 2.85 bits per heavy atom. The van der Waals surface area contributed by atoms with Crippen molar-refractivity contribution in [2.24, 2.45) is 0 Å². The predicted molar refractivity (Wildman–Crippen MR) is 75.5 cm³/mol. The largest absolute Gasteiger partial charge is 0.395 e. The number of rotatable bonds is 3. The van der Waals surface area contributed by atoms with Crippen LogP contribution in [0.3, 0.4) is 0 Å². The summed E-state index contributed by atoms with van der Waals surface area (Å²) in [6.07, 6.45) is 1.63. The quantitative estimate of drug-likeness (QED) is 0.845. The molecule has 0 aliphatic carbocycles. The minimum Gasteiger partial charge on any atom is -0.395 e. The summed E-state index contributed by atoms with van der Waals surface area (Å²) in [4.78, 5) is 23.7. The van der Waals surface area contributed by atoms with Crippen molar-refractivity contribution in [3.63, 3.8) is 0 Å². The number of aliphatic hydroxyl groups is 1. The highest BCUT2D eigenvalue weighted by Crippen LogP contribution is 2.14. The van der Waals surface area contributed by atoms with E-state index in [-0.39, 0.29) is 12.5 Å². The summed E-state index contributed by atoms with van der Waals surface area (Å²) in [5.41, 5.74) is 2.45. The number of aromatic nitrogens is 2. The highest BCUT2D eigenvalue weighted by molar-refractivity contribution is 5.97. The van der Waals surface area contributed by atoms with E-state index in [9.17, 15) is 4.79 Å². The maximum atomic E-state index is 12.5. The number of fused-ring (bicyclic) bond motifs is 1. The van der Waals surface area contributed by atoms with Crippen molar-refractivity contribution in [1.29, 1.82) is 0 Å². The topological polar surface area (TPSA) is 72.5 Å². The number of aromatic amines is 1. The van der Waals surface area contributed by atoms with E-state index < -0.39 is 0 Å². The molecule has 2 N–H and O–H groups in total. The molecule has 0 bridgehead atoms. The molecule has 6 heteroatoms. The molecule has 0 radical (unpaired) electrons. The highest BCUT2D eigenvalue weighted by Gasteiger charge is 2.21. The molecular formula is C14H18N4O2. The molecular weight excluding hydrogens is 256 g/mol. The van der Waals surface area contributed by atoms with Gasteiger partial charge in [-0.05, 0) is 18.2 Å². The summed E-state index contributed by atoms with van der Waals surface area (Å²) < 4.78 is 0. The number of β-amino-alcohol motifs (C(OH)–C–C–N with tert-alkyl or cyclic N) is 1. The molecule has 2 aromatic rings. The fraction of sp³-hybridized carbons (Fsp3) is 0.429. The number of nitrogens with one attached hydrogen (secondary N) is 1. The second kappa shape index (κ2) is 5.60. The van der Waals surface area contributed by atoms with E-state index in [1.165, 1.54) is 0 Å². The molecule has 1 saturated heterocycles. The van der Waals surface area contributed by atoms with E-state index in [1.54, 1.807) is 6.33 Å². The molecule has 1 aliphatic rings. The average molecular weight is 274 g/mol. The second-order valence-electron chi connectivity index (χ2n) is 4.99. The number of hydrogen-bond acceptors (Lipinski definition) is 4. The lowest BCUT2D eigenvalue weighted by Gasteiger charge is -2.34. The van der Waals surface area contributed by atoms with Crippen molar-refractivity contribution in [2.45, 2.75) is 0 Å². The Hall–Kier alpha value is -1.92. The Bertz CT molecular complexity index is 602. The van der Waals surface area contributed by atoms with Crippen LogP contribution in [0.25, 0.3) is 11.0 Å². The SMILES string of the molecule is O=C(c1ccc2nc[nH]c2c1)N1CCN(CCO)CC1. The van der Waals surface area contributed by atoms with Crippen molar-refractivity contribution < 1.29 is 9.90 Å². The molecule has 0 spiro atoms. The van der Waals surface area contributed by atoms with Crippen molar-refractivity contribution in [1.82, 2.24) is 19.8 Å². The van der Waals surface area contributed by atoms with Gasteiger partial charge in [0.2, 0.25) is 0 Å². The number of nitrogens with zero attached hydrogens (tertiary/aromatic N) is 3. The first-order valence-electron chi connectivity index (χ1n) is 6.83. The Labute approximate surface area is 117 Å². The van der Waals surface area contributed by atoms with E-state index in [0.29, 0.717) is 25.2 Å². The van der Waals surface area contributed by atoms with Gasteiger partial charge in [-0.1, -0.05) is 0 Å². The number of amides is 1. The van der Waals surface area contributed by atoms with Crippen LogP contribution < -0.4 is 0 Å². The number of carbonyl (C=O) groups is 1. The van der Waals surface area contributed by atoms with E-state index in [2.05, 4.69) is 14.9 Å². The zero-order valence-corrected chi connectivity index (χ0v) is 11.2. The smallest absolute Gasteiger partial charge is 0.254 e. The number of aliphatic hydroxyl groups excluding tert-OH is 1. The van der Waals surface area contributed by atoms with Crippen LogP contribution in [0.15, 0.2) is 24.5 Å². The van der Waals surface area contributed by atoms with Crippen LogP contribution in [0.1, 0.15) is 10.4 Å². The van der Waals surface area contributed by atoms with Crippen LogP contribution in [0, 0.1) is 0 Å². The van der Waals surface area contributed by atoms with E-state index in [0.717, 1.165) is 24.1 Å². The number of carbonyl (C=O) groups excluding carboxylic acids is 1. The van der Waals surface area contributed by atoms with Gasteiger partial charge in [0, 0.05) is 38.3 Å². The molecule has 1 amide bonds. The summed E-state index contributed by atoms with van der Waals surface area (Å²) in [5, 5.41) is 8.92. The Morgan fingerprint density at radius 2 is 2.10 bits per heavy atom. The second-order valence-corrected chi connectivity index (χ2v) is 4.99. The molecule has 106 valence electrons. The van der Waals surface area contributed by atoms with Crippen LogP contribution in [-0.4, -0.2) is 70.1 Å². The third-order valence-electron chi connectivity index (χ3n) is 3.74. The Kier molecular flexibility index (Phi) is 3.66. The molecule has 1 aliphatic heterocycles. The molecule has 0 saturated carbocycles. The van der Waals surface area contributed by atoms with Gasteiger partial charge < -0.3 is 15.0 Å². The van der Waals surface area contributed by atoms with Gasteiger partial charge in [-0.25, -0.2) is 4.98 Å². The van der Waals surface area contributed by atoms with Crippen molar-refractivity contribution in [2.75, 3.05) is 39.3 Å². The van der Waals surface area contributed by atoms with Gasteiger partial charge in [0.05, 0.1) is 24.0 Å². The fourth-order valence-electron chi connectivity index (χ4n) is 2.57. The normalized spacial score (nSPS) is 16.8. The zero-order chi connectivity index (χ0) is 13.9. The molecule has 0 unspecified atom stereocenters. The molecule has 1 aromatic heterocycles. The van der Waals surface area contributed by atoms with Crippen LogP contribution in [0.5, 0.6) is 0 Å². The van der Waals surface area contributed by atoms with Crippen molar-refractivity contribution in [3.05, 3.63) is 30.1 Å². The minimum absolute atomic E-state index is 0.0603. The van der Waals surface area contributed by atoms with Gasteiger partial charge in [-0.3, -0.25) is 9.69 Å². The molecule has 6 nitrogen and oxygen atoms in total. The van der Waals surface area contributed by atoms with E-state index >= 15 is 0 Å². The lowest BCUT2D eigenvalue weighted by Crippen LogP contribution is -2.49. The number of benzene rings is 1. The van der Waals surface area contributed by atoms with Gasteiger partial charge in [0.25, 0.3) is 5.91 Å². The fourth-order valence-corrected chi connectivity index (χ4v) is 2.57. The van der Waals surface area contributed by atoms with E-state index in [4.69, 9.17) is 5.11 Å². The minimum atomic E-state index is 0.0603. The summed E-state index contributed by atoms with van der Waals surface area (Å²) in [5.74, 6) is 0.0603. The highest BCUT2D eigenvalue weighted by atomic mass is 16.3. The summed E-state index contributed by atoms with van der Waals surface area (Å²) in [6, 6.07) is 5.54. The Balaban J connectivity index is 1.69. The molecule has 1 fully saturated rings.